The summed E-state index contributed by atoms with van der Waals surface area (Å²) in [6, 6.07) is 6.69. The van der Waals surface area contributed by atoms with E-state index in [1.54, 1.807) is 6.07 Å². The Bertz CT molecular complexity index is 528. The van der Waals surface area contributed by atoms with E-state index in [0.29, 0.717) is 22.7 Å². The summed E-state index contributed by atoms with van der Waals surface area (Å²) < 4.78 is 0. The molecule has 1 aromatic rings. The highest BCUT2D eigenvalue weighted by Gasteiger charge is 2.31. The van der Waals surface area contributed by atoms with Crippen molar-refractivity contribution in [3.8, 4) is 0 Å². The van der Waals surface area contributed by atoms with Gasteiger partial charge in [0.05, 0.1) is 10.6 Å². The number of halogens is 1. The SMILES string of the molecule is NC(=O)c1ccc(N2CCCCC2C2CCCN2)cc1Cl. The molecule has 0 radical (unpaired) electrons. The topological polar surface area (TPSA) is 58.4 Å². The van der Waals surface area contributed by atoms with Gasteiger partial charge in [0, 0.05) is 24.3 Å². The Morgan fingerprint density at radius 2 is 2.14 bits per heavy atom. The maximum Gasteiger partial charge on any atom is 0.250 e. The summed E-state index contributed by atoms with van der Waals surface area (Å²) in [5.74, 6) is -0.473. The predicted octanol–water partition coefficient (Wildman–Crippen LogP) is 2.55. The van der Waals surface area contributed by atoms with Crippen LogP contribution in [0.4, 0.5) is 5.69 Å². The molecule has 2 fully saturated rings. The van der Waals surface area contributed by atoms with Crippen LogP contribution in [0.15, 0.2) is 18.2 Å². The Morgan fingerprint density at radius 3 is 2.81 bits per heavy atom. The lowest BCUT2D eigenvalue weighted by Gasteiger charge is -2.41. The van der Waals surface area contributed by atoms with Gasteiger partial charge in [0.25, 0.3) is 0 Å². The van der Waals surface area contributed by atoms with Gasteiger partial charge in [-0.2, -0.15) is 0 Å². The molecular weight excluding hydrogens is 286 g/mol. The number of rotatable bonds is 3. The smallest absolute Gasteiger partial charge is 0.250 e. The second kappa shape index (κ2) is 6.24. The third-order valence-corrected chi connectivity index (χ3v) is 4.97. The molecule has 21 heavy (non-hydrogen) atoms. The van der Waals surface area contributed by atoms with Gasteiger partial charge < -0.3 is 16.0 Å². The zero-order chi connectivity index (χ0) is 14.8. The third-order valence-electron chi connectivity index (χ3n) is 4.66. The van der Waals surface area contributed by atoms with Crippen molar-refractivity contribution in [2.24, 2.45) is 5.73 Å². The molecule has 1 aromatic carbocycles. The molecule has 0 spiro atoms. The van der Waals surface area contributed by atoms with Crippen molar-refractivity contribution in [3.05, 3.63) is 28.8 Å². The van der Waals surface area contributed by atoms with Crippen molar-refractivity contribution >= 4 is 23.2 Å². The molecule has 2 aliphatic rings. The predicted molar refractivity (Wildman–Crippen MR) is 86.0 cm³/mol. The van der Waals surface area contributed by atoms with E-state index in [9.17, 15) is 4.79 Å². The number of carbonyl (C=O) groups is 1. The quantitative estimate of drug-likeness (QED) is 0.902. The number of nitrogens with one attached hydrogen (secondary N) is 1. The number of primary amides is 1. The van der Waals surface area contributed by atoms with Gasteiger partial charge in [-0.05, 0) is 56.8 Å². The Labute approximate surface area is 130 Å². The van der Waals surface area contributed by atoms with Crippen molar-refractivity contribution in [2.45, 2.75) is 44.2 Å². The van der Waals surface area contributed by atoms with Crippen molar-refractivity contribution in [1.29, 1.82) is 0 Å². The van der Waals surface area contributed by atoms with Crippen LogP contribution in [0.5, 0.6) is 0 Å². The zero-order valence-electron chi connectivity index (χ0n) is 12.1. The first-order chi connectivity index (χ1) is 10.2. The van der Waals surface area contributed by atoms with Crippen molar-refractivity contribution < 1.29 is 4.79 Å². The first-order valence-electron chi connectivity index (χ1n) is 7.76. The zero-order valence-corrected chi connectivity index (χ0v) is 12.9. The Morgan fingerprint density at radius 1 is 1.29 bits per heavy atom. The molecule has 0 aromatic heterocycles. The van der Waals surface area contributed by atoms with Gasteiger partial charge in [-0.1, -0.05) is 11.6 Å². The van der Waals surface area contributed by atoms with Gasteiger partial charge in [0.2, 0.25) is 5.91 Å². The maximum atomic E-state index is 11.3. The highest BCUT2D eigenvalue weighted by molar-refractivity contribution is 6.34. The lowest BCUT2D eigenvalue weighted by atomic mass is 9.93. The second-order valence-electron chi connectivity index (χ2n) is 5.99. The van der Waals surface area contributed by atoms with E-state index in [1.807, 2.05) is 12.1 Å². The van der Waals surface area contributed by atoms with Gasteiger partial charge in [-0.3, -0.25) is 4.79 Å². The monoisotopic (exact) mass is 307 g/mol. The van der Waals surface area contributed by atoms with E-state index in [-0.39, 0.29) is 0 Å². The first-order valence-corrected chi connectivity index (χ1v) is 8.14. The van der Waals surface area contributed by atoms with Crippen molar-refractivity contribution in [2.75, 3.05) is 18.0 Å². The number of benzene rings is 1. The van der Waals surface area contributed by atoms with Crippen LogP contribution in [0.1, 0.15) is 42.5 Å². The second-order valence-corrected chi connectivity index (χ2v) is 6.39. The summed E-state index contributed by atoms with van der Waals surface area (Å²) in [5.41, 5.74) is 6.82. The molecule has 2 atom stereocenters. The molecule has 3 rings (SSSR count). The fourth-order valence-electron chi connectivity index (χ4n) is 3.62. The van der Waals surface area contributed by atoms with Crippen molar-refractivity contribution in [3.63, 3.8) is 0 Å². The van der Waals surface area contributed by atoms with Gasteiger partial charge in [-0.15, -0.1) is 0 Å². The maximum absolute atomic E-state index is 11.3. The number of nitrogens with zero attached hydrogens (tertiary/aromatic N) is 1. The third kappa shape index (κ3) is 3.01. The number of anilines is 1. The largest absolute Gasteiger partial charge is 0.367 e. The van der Waals surface area contributed by atoms with Crippen LogP contribution in [0, 0.1) is 0 Å². The molecule has 5 heteroatoms. The van der Waals surface area contributed by atoms with Crippen molar-refractivity contribution in [1.82, 2.24) is 5.32 Å². The highest BCUT2D eigenvalue weighted by Crippen LogP contribution is 2.31. The van der Waals surface area contributed by atoms with E-state index >= 15 is 0 Å². The van der Waals surface area contributed by atoms with Crippen LogP contribution in [0.2, 0.25) is 5.02 Å². The number of piperidine rings is 1. The summed E-state index contributed by atoms with van der Waals surface area (Å²) >= 11 is 6.21. The summed E-state index contributed by atoms with van der Waals surface area (Å²) in [5, 5.41) is 4.07. The van der Waals surface area contributed by atoms with Crippen LogP contribution in [-0.4, -0.2) is 31.1 Å². The van der Waals surface area contributed by atoms with E-state index < -0.39 is 5.91 Å². The Hall–Kier alpha value is -1.26. The number of carbonyl (C=O) groups excluding carboxylic acids is 1. The number of hydrogen-bond donors (Lipinski definition) is 2. The number of amides is 1. The average molecular weight is 308 g/mol. The molecular formula is C16H22ClN3O. The molecule has 2 unspecified atom stereocenters. The van der Waals surface area contributed by atoms with Gasteiger partial charge >= 0.3 is 0 Å². The van der Waals surface area contributed by atoms with E-state index in [4.69, 9.17) is 17.3 Å². The minimum atomic E-state index is -0.473. The fraction of sp³-hybridized carbons (Fsp3) is 0.562. The first kappa shape index (κ1) is 14.7. The molecule has 2 aliphatic heterocycles. The van der Waals surface area contributed by atoms with Gasteiger partial charge in [0.1, 0.15) is 0 Å². The molecule has 1 amide bonds. The molecule has 4 nitrogen and oxygen atoms in total. The minimum Gasteiger partial charge on any atom is -0.367 e. The van der Waals surface area contributed by atoms with Crippen LogP contribution in [0.3, 0.4) is 0 Å². The standard InChI is InChI=1S/C16H22ClN3O/c17-13-10-11(6-7-12(13)16(18)21)20-9-2-1-5-15(20)14-4-3-8-19-14/h6-7,10,14-15,19H,1-5,8-9H2,(H2,18,21). The summed E-state index contributed by atoms with van der Waals surface area (Å²) in [6.45, 7) is 2.17. The lowest BCUT2D eigenvalue weighted by molar-refractivity contribution is 0.100. The normalized spacial score (nSPS) is 26.0. The average Bonchev–Trinajstić information content (AvgIpc) is 3.01. The molecule has 0 saturated carbocycles. The summed E-state index contributed by atoms with van der Waals surface area (Å²) in [4.78, 5) is 13.7. The Kier molecular flexibility index (Phi) is 4.36. The van der Waals surface area contributed by atoms with Crippen LogP contribution in [0.25, 0.3) is 0 Å². The molecule has 114 valence electrons. The summed E-state index contributed by atoms with van der Waals surface area (Å²) in [7, 11) is 0. The number of nitrogens with two attached hydrogens (primary N) is 1. The molecule has 0 bridgehead atoms. The number of hydrogen-bond acceptors (Lipinski definition) is 3. The molecule has 0 aliphatic carbocycles. The van der Waals surface area contributed by atoms with E-state index in [2.05, 4.69) is 10.2 Å². The van der Waals surface area contributed by atoms with Crippen LogP contribution in [-0.2, 0) is 0 Å². The van der Waals surface area contributed by atoms with Gasteiger partial charge in [-0.25, -0.2) is 0 Å². The fourth-order valence-corrected chi connectivity index (χ4v) is 3.89. The van der Waals surface area contributed by atoms with E-state index in [1.165, 1.54) is 32.1 Å². The van der Waals surface area contributed by atoms with E-state index in [0.717, 1.165) is 18.8 Å². The molecule has 2 saturated heterocycles. The molecule has 2 heterocycles. The Balaban J connectivity index is 1.85. The van der Waals surface area contributed by atoms with Crippen LogP contribution >= 0.6 is 11.6 Å². The molecule has 3 N–H and O–H groups in total. The summed E-state index contributed by atoms with van der Waals surface area (Å²) in [6.07, 6.45) is 6.21. The van der Waals surface area contributed by atoms with Crippen LogP contribution < -0.4 is 16.0 Å². The highest BCUT2D eigenvalue weighted by atomic mass is 35.5. The lowest BCUT2D eigenvalue weighted by Crippen LogP contribution is -2.50. The minimum absolute atomic E-state index is 0.396. The van der Waals surface area contributed by atoms with Gasteiger partial charge in [0.15, 0.2) is 0 Å².